The van der Waals surface area contributed by atoms with Crippen LogP contribution < -0.4 is 15.6 Å². The van der Waals surface area contributed by atoms with Crippen LogP contribution in [0.15, 0.2) is 47.4 Å². The number of carbonyl (C=O) groups is 1. The lowest BCUT2D eigenvalue weighted by molar-refractivity contribution is -0.137. The summed E-state index contributed by atoms with van der Waals surface area (Å²) in [6, 6.07) is 5.83. The van der Waals surface area contributed by atoms with E-state index in [1.54, 1.807) is 0 Å². The third-order valence-electron chi connectivity index (χ3n) is 4.36. The standard InChI is InChI=1S/C21H16ClF4N3O4/c1-11-5-12(23)3-4-17(11)33-18-8-15(21(24,25)26)16(22)7-14(18)20(31)28-13-6-19(30)29(10-32-2)27-9-13/h3-9H,10H2,1-2H3,(H,28,31). The van der Waals surface area contributed by atoms with E-state index in [2.05, 4.69) is 10.4 Å². The monoisotopic (exact) mass is 485 g/mol. The quantitative estimate of drug-likeness (QED) is 0.496. The van der Waals surface area contributed by atoms with Crippen molar-refractivity contribution in [2.75, 3.05) is 12.4 Å². The van der Waals surface area contributed by atoms with E-state index >= 15 is 0 Å². The molecule has 0 unspecified atom stereocenters. The van der Waals surface area contributed by atoms with E-state index in [0.717, 1.165) is 35.1 Å². The van der Waals surface area contributed by atoms with Gasteiger partial charge in [-0.1, -0.05) is 11.6 Å². The van der Waals surface area contributed by atoms with E-state index in [0.29, 0.717) is 6.07 Å². The number of alkyl halides is 3. The molecular weight excluding hydrogens is 470 g/mol. The van der Waals surface area contributed by atoms with Crippen molar-refractivity contribution >= 4 is 23.2 Å². The minimum Gasteiger partial charge on any atom is -0.456 e. The molecule has 1 heterocycles. The zero-order chi connectivity index (χ0) is 24.3. The van der Waals surface area contributed by atoms with Crippen molar-refractivity contribution in [3.05, 3.63) is 80.5 Å². The fourth-order valence-electron chi connectivity index (χ4n) is 2.80. The van der Waals surface area contributed by atoms with Crippen LogP contribution in [0.1, 0.15) is 21.5 Å². The van der Waals surface area contributed by atoms with Gasteiger partial charge in [0.05, 0.1) is 28.0 Å². The van der Waals surface area contributed by atoms with Crippen LogP contribution in [0.3, 0.4) is 0 Å². The number of carbonyl (C=O) groups excluding carboxylic acids is 1. The van der Waals surface area contributed by atoms with Gasteiger partial charge < -0.3 is 14.8 Å². The van der Waals surface area contributed by atoms with Crippen molar-refractivity contribution in [3.8, 4) is 11.5 Å². The highest BCUT2D eigenvalue weighted by atomic mass is 35.5. The zero-order valence-electron chi connectivity index (χ0n) is 17.2. The van der Waals surface area contributed by atoms with Gasteiger partial charge in [0.2, 0.25) is 0 Å². The van der Waals surface area contributed by atoms with Crippen LogP contribution in [0.2, 0.25) is 5.02 Å². The number of amides is 1. The first-order valence-electron chi connectivity index (χ1n) is 9.22. The summed E-state index contributed by atoms with van der Waals surface area (Å²) in [4.78, 5) is 24.8. The molecule has 3 aromatic rings. The van der Waals surface area contributed by atoms with Crippen LogP contribution in [0.5, 0.6) is 11.5 Å². The van der Waals surface area contributed by atoms with Crippen LogP contribution in [0, 0.1) is 12.7 Å². The summed E-state index contributed by atoms with van der Waals surface area (Å²) < 4.78 is 64.9. The third kappa shape index (κ3) is 5.68. The molecule has 174 valence electrons. The maximum Gasteiger partial charge on any atom is 0.417 e. The average Bonchev–Trinajstić information content (AvgIpc) is 2.72. The second-order valence-electron chi connectivity index (χ2n) is 6.79. The number of anilines is 1. The number of halogens is 5. The number of methoxy groups -OCH3 is 1. The second kappa shape index (κ2) is 9.59. The van der Waals surface area contributed by atoms with Crippen LogP contribution in [0.4, 0.5) is 23.2 Å². The molecule has 1 N–H and O–H groups in total. The molecule has 1 amide bonds. The molecule has 7 nitrogen and oxygen atoms in total. The molecular formula is C21H16ClF4N3O4. The summed E-state index contributed by atoms with van der Waals surface area (Å²) in [5.74, 6) is -1.92. The lowest BCUT2D eigenvalue weighted by Crippen LogP contribution is -2.24. The van der Waals surface area contributed by atoms with Crippen LogP contribution in [-0.4, -0.2) is 22.8 Å². The number of benzene rings is 2. The fourth-order valence-corrected chi connectivity index (χ4v) is 3.07. The summed E-state index contributed by atoms with van der Waals surface area (Å²) in [5, 5.41) is 5.45. The maximum absolute atomic E-state index is 13.4. The Bertz CT molecular complexity index is 1260. The van der Waals surface area contributed by atoms with Crippen LogP contribution in [0.25, 0.3) is 0 Å². The Labute approximate surface area is 189 Å². The smallest absolute Gasteiger partial charge is 0.417 e. The van der Waals surface area contributed by atoms with Gasteiger partial charge in [0.25, 0.3) is 11.5 Å². The van der Waals surface area contributed by atoms with E-state index < -0.39 is 39.8 Å². The van der Waals surface area contributed by atoms with Crippen molar-refractivity contribution in [2.45, 2.75) is 19.8 Å². The minimum atomic E-state index is -4.82. The van der Waals surface area contributed by atoms with Gasteiger partial charge in [-0.05, 0) is 42.8 Å². The summed E-state index contributed by atoms with van der Waals surface area (Å²) in [6.07, 6.45) is -3.66. The van der Waals surface area contributed by atoms with E-state index in [1.807, 2.05) is 0 Å². The maximum atomic E-state index is 13.4. The molecule has 0 saturated heterocycles. The molecule has 0 atom stereocenters. The Morgan fingerprint density at radius 1 is 1.18 bits per heavy atom. The number of nitrogens with one attached hydrogen (secondary N) is 1. The molecule has 0 aliphatic heterocycles. The molecule has 2 aromatic carbocycles. The number of aromatic nitrogens is 2. The molecule has 0 spiro atoms. The summed E-state index contributed by atoms with van der Waals surface area (Å²) in [5.41, 5.74) is -1.89. The van der Waals surface area contributed by atoms with Gasteiger partial charge in [-0.15, -0.1) is 0 Å². The molecule has 0 aliphatic rings. The van der Waals surface area contributed by atoms with E-state index in [9.17, 15) is 27.2 Å². The van der Waals surface area contributed by atoms with Gasteiger partial charge in [-0.2, -0.15) is 18.3 Å². The number of rotatable bonds is 6. The van der Waals surface area contributed by atoms with E-state index in [-0.39, 0.29) is 29.3 Å². The minimum absolute atomic E-state index is 0.0164. The number of nitrogens with zero attached hydrogens (tertiary/aromatic N) is 2. The molecule has 0 bridgehead atoms. The first-order valence-corrected chi connectivity index (χ1v) is 9.59. The molecule has 0 aliphatic carbocycles. The Balaban J connectivity index is 2.02. The lowest BCUT2D eigenvalue weighted by Gasteiger charge is -2.17. The van der Waals surface area contributed by atoms with Crippen molar-refractivity contribution in [1.29, 1.82) is 0 Å². The molecule has 1 aromatic heterocycles. The highest BCUT2D eigenvalue weighted by Gasteiger charge is 2.35. The van der Waals surface area contributed by atoms with Gasteiger partial charge in [0, 0.05) is 13.2 Å². The number of hydrogen-bond acceptors (Lipinski definition) is 5. The largest absolute Gasteiger partial charge is 0.456 e. The zero-order valence-corrected chi connectivity index (χ0v) is 17.9. The normalized spacial score (nSPS) is 11.4. The van der Waals surface area contributed by atoms with Crippen molar-refractivity contribution < 1.29 is 31.8 Å². The summed E-state index contributed by atoms with van der Waals surface area (Å²) >= 11 is 5.78. The highest BCUT2D eigenvalue weighted by molar-refractivity contribution is 6.32. The van der Waals surface area contributed by atoms with Crippen molar-refractivity contribution in [3.63, 3.8) is 0 Å². The number of hydrogen-bond donors (Lipinski definition) is 1. The third-order valence-corrected chi connectivity index (χ3v) is 4.67. The first-order chi connectivity index (χ1) is 15.5. The summed E-state index contributed by atoms with van der Waals surface area (Å²) in [7, 11) is 1.36. The molecule has 0 saturated carbocycles. The molecule has 12 heteroatoms. The van der Waals surface area contributed by atoms with Crippen LogP contribution in [-0.2, 0) is 17.6 Å². The lowest BCUT2D eigenvalue weighted by atomic mass is 10.1. The van der Waals surface area contributed by atoms with Crippen molar-refractivity contribution in [1.82, 2.24) is 9.78 Å². The van der Waals surface area contributed by atoms with Crippen LogP contribution >= 0.6 is 11.6 Å². The van der Waals surface area contributed by atoms with Gasteiger partial charge >= 0.3 is 6.18 Å². The van der Waals surface area contributed by atoms with E-state index in [1.165, 1.54) is 20.1 Å². The van der Waals surface area contributed by atoms with Gasteiger partial charge in [0.15, 0.2) is 0 Å². The predicted octanol–water partition coefficient (Wildman–Crippen LogP) is 5.01. The molecule has 0 radical (unpaired) electrons. The second-order valence-corrected chi connectivity index (χ2v) is 7.20. The Hall–Kier alpha value is -3.44. The van der Waals surface area contributed by atoms with Crippen molar-refractivity contribution in [2.24, 2.45) is 0 Å². The molecule has 3 rings (SSSR count). The Morgan fingerprint density at radius 2 is 1.91 bits per heavy atom. The Morgan fingerprint density at radius 3 is 2.52 bits per heavy atom. The van der Waals surface area contributed by atoms with Gasteiger partial charge in [-0.3, -0.25) is 9.59 Å². The molecule has 0 fully saturated rings. The fraction of sp³-hybridized carbons (Fsp3) is 0.190. The number of aryl methyl sites for hydroxylation is 1. The Kier molecular flexibility index (Phi) is 7.04. The molecule has 33 heavy (non-hydrogen) atoms. The average molecular weight is 486 g/mol. The highest BCUT2D eigenvalue weighted by Crippen LogP contribution is 2.40. The van der Waals surface area contributed by atoms with Gasteiger partial charge in [-0.25, -0.2) is 9.07 Å². The SMILES string of the molecule is COCn1ncc(NC(=O)c2cc(Cl)c(C(F)(F)F)cc2Oc2ccc(F)cc2C)cc1=O. The topological polar surface area (TPSA) is 82.4 Å². The first kappa shape index (κ1) is 24.2. The summed E-state index contributed by atoms with van der Waals surface area (Å²) in [6.45, 7) is 1.37. The van der Waals surface area contributed by atoms with Gasteiger partial charge in [0.1, 0.15) is 24.0 Å². The predicted molar refractivity (Wildman–Crippen MR) is 111 cm³/mol. The number of ether oxygens (including phenoxy) is 2. The van der Waals surface area contributed by atoms with E-state index in [4.69, 9.17) is 21.1 Å².